The fourth-order valence-corrected chi connectivity index (χ4v) is 3.38. The van der Waals surface area contributed by atoms with Gasteiger partial charge in [-0.2, -0.15) is 0 Å². The minimum absolute atomic E-state index is 0.0773. The standard InChI is InChI=1S/C15H18BrN3OS/c1-3-4-11-7-10(8-14(17-2)19-11)15(20)18-9-13-12(16)5-6-21-13/h5-8H,3-4,9H2,1-2H3,(H,17,19)(H,18,20). The number of rotatable bonds is 6. The molecule has 2 rings (SSSR count). The highest BCUT2D eigenvalue weighted by molar-refractivity contribution is 9.10. The number of halogens is 1. The van der Waals surface area contributed by atoms with E-state index in [1.807, 2.05) is 24.6 Å². The van der Waals surface area contributed by atoms with Gasteiger partial charge >= 0.3 is 0 Å². The highest BCUT2D eigenvalue weighted by Gasteiger charge is 2.10. The third-order valence-corrected chi connectivity index (χ3v) is 4.93. The Bertz CT molecular complexity index is 627. The van der Waals surface area contributed by atoms with Crippen molar-refractivity contribution in [3.05, 3.63) is 44.2 Å². The second kappa shape index (κ2) is 7.56. The lowest BCUT2D eigenvalue weighted by Gasteiger charge is -2.09. The molecule has 1 amide bonds. The second-order valence-electron chi connectivity index (χ2n) is 4.61. The van der Waals surface area contributed by atoms with E-state index in [0.717, 1.165) is 33.7 Å². The van der Waals surface area contributed by atoms with E-state index in [1.165, 1.54) is 0 Å². The van der Waals surface area contributed by atoms with Crippen LogP contribution in [0.15, 0.2) is 28.1 Å². The van der Waals surface area contributed by atoms with Crippen molar-refractivity contribution in [2.24, 2.45) is 0 Å². The molecular weight excluding hydrogens is 350 g/mol. The lowest BCUT2D eigenvalue weighted by molar-refractivity contribution is 0.0951. The third-order valence-electron chi connectivity index (χ3n) is 3.00. The Hall–Kier alpha value is -1.40. The average Bonchev–Trinajstić information content (AvgIpc) is 2.90. The molecule has 4 nitrogen and oxygen atoms in total. The zero-order valence-corrected chi connectivity index (χ0v) is 14.5. The summed E-state index contributed by atoms with van der Waals surface area (Å²) in [5.74, 6) is 0.648. The molecule has 0 radical (unpaired) electrons. The smallest absolute Gasteiger partial charge is 0.251 e. The van der Waals surface area contributed by atoms with Gasteiger partial charge in [0, 0.05) is 27.7 Å². The van der Waals surface area contributed by atoms with Crippen LogP contribution in [0, 0.1) is 0 Å². The summed E-state index contributed by atoms with van der Waals surface area (Å²) in [5, 5.41) is 7.95. The van der Waals surface area contributed by atoms with Crippen LogP contribution in [0.3, 0.4) is 0 Å². The minimum Gasteiger partial charge on any atom is -0.373 e. The molecule has 0 aromatic carbocycles. The summed E-state index contributed by atoms with van der Waals surface area (Å²) >= 11 is 5.09. The normalized spacial score (nSPS) is 10.4. The number of thiophene rings is 1. The summed E-state index contributed by atoms with van der Waals surface area (Å²) in [5.41, 5.74) is 1.58. The van der Waals surface area contributed by atoms with Crippen molar-refractivity contribution < 1.29 is 4.79 Å². The molecule has 0 saturated heterocycles. The number of aryl methyl sites for hydroxylation is 1. The van der Waals surface area contributed by atoms with Crippen molar-refractivity contribution in [2.45, 2.75) is 26.3 Å². The van der Waals surface area contributed by atoms with E-state index in [2.05, 4.69) is 38.5 Å². The minimum atomic E-state index is -0.0773. The highest BCUT2D eigenvalue weighted by atomic mass is 79.9. The Morgan fingerprint density at radius 2 is 2.24 bits per heavy atom. The molecule has 0 bridgehead atoms. The summed E-state index contributed by atoms with van der Waals surface area (Å²) in [6, 6.07) is 5.62. The van der Waals surface area contributed by atoms with Gasteiger partial charge in [-0.05, 0) is 45.9 Å². The SMILES string of the molecule is CCCc1cc(C(=O)NCc2sccc2Br)cc(NC)n1. The summed E-state index contributed by atoms with van der Waals surface area (Å²) in [7, 11) is 1.81. The zero-order valence-electron chi connectivity index (χ0n) is 12.1. The maximum atomic E-state index is 12.3. The van der Waals surface area contributed by atoms with E-state index in [9.17, 15) is 4.79 Å². The first kappa shape index (κ1) is 16.0. The van der Waals surface area contributed by atoms with Gasteiger partial charge in [0.25, 0.3) is 5.91 Å². The number of aromatic nitrogens is 1. The molecule has 0 saturated carbocycles. The van der Waals surface area contributed by atoms with Gasteiger partial charge in [0.1, 0.15) is 5.82 Å². The van der Waals surface area contributed by atoms with Gasteiger partial charge in [-0.25, -0.2) is 4.98 Å². The molecule has 0 aliphatic rings. The number of hydrogen-bond acceptors (Lipinski definition) is 4. The molecular formula is C15H18BrN3OS. The van der Waals surface area contributed by atoms with Crippen molar-refractivity contribution in [2.75, 3.05) is 12.4 Å². The predicted octanol–water partition coefficient (Wildman–Crippen LogP) is 3.83. The Kier molecular flexibility index (Phi) is 5.76. The van der Waals surface area contributed by atoms with Crippen LogP contribution in [-0.2, 0) is 13.0 Å². The molecule has 6 heteroatoms. The van der Waals surface area contributed by atoms with Gasteiger partial charge in [0.2, 0.25) is 0 Å². The molecule has 2 aromatic heterocycles. The average molecular weight is 368 g/mol. The Morgan fingerprint density at radius 3 is 2.86 bits per heavy atom. The maximum absolute atomic E-state index is 12.3. The van der Waals surface area contributed by atoms with Crippen molar-refractivity contribution in [1.82, 2.24) is 10.3 Å². The van der Waals surface area contributed by atoms with E-state index in [4.69, 9.17) is 0 Å². The molecule has 0 aliphatic heterocycles. The van der Waals surface area contributed by atoms with Gasteiger partial charge in [-0.15, -0.1) is 11.3 Å². The Morgan fingerprint density at radius 1 is 1.43 bits per heavy atom. The van der Waals surface area contributed by atoms with Crippen LogP contribution in [0.1, 0.15) is 34.3 Å². The summed E-state index contributed by atoms with van der Waals surface area (Å²) in [4.78, 5) is 17.9. The predicted molar refractivity (Wildman–Crippen MR) is 91.0 cm³/mol. The number of anilines is 1. The number of carbonyl (C=O) groups excluding carboxylic acids is 1. The summed E-state index contributed by atoms with van der Waals surface area (Å²) in [6.45, 7) is 2.62. The van der Waals surface area contributed by atoms with Crippen LogP contribution in [0.25, 0.3) is 0 Å². The maximum Gasteiger partial charge on any atom is 0.251 e. The van der Waals surface area contributed by atoms with Crippen LogP contribution >= 0.6 is 27.3 Å². The van der Waals surface area contributed by atoms with Crippen LogP contribution < -0.4 is 10.6 Å². The van der Waals surface area contributed by atoms with Crippen molar-refractivity contribution in [3.8, 4) is 0 Å². The number of amides is 1. The first-order chi connectivity index (χ1) is 10.1. The van der Waals surface area contributed by atoms with Crippen molar-refractivity contribution >= 4 is 39.0 Å². The van der Waals surface area contributed by atoms with E-state index in [0.29, 0.717) is 12.1 Å². The second-order valence-corrected chi connectivity index (χ2v) is 6.46. The monoisotopic (exact) mass is 367 g/mol. The molecule has 0 spiro atoms. The Balaban J connectivity index is 2.10. The van der Waals surface area contributed by atoms with E-state index < -0.39 is 0 Å². The first-order valence-electron chi connectivity index (χ1n) is 6.82. The van der Waals surface area contributed by atoms with E-state index in [-0.39, 0.29) is 5.91 Å². The third kappa shape index (κ3) is 4.28. The molecule has 0 unspecified atom stereocenters. The number of hydrogen-bond donors (Lipinski definition) is 2. The topological polar surface area (TPSA) is 54.0 Å². The van der Waals surface area contributed by atoms with Gasteiger partial charge in [-0.3, -0.25) is 4.79 Å². The van der Waals surface area contributed by atoms with Crippen LogP contribution in [0.2, 0.25) is 0 Å². The fourth-order valence-electron chi connectivity index (χ4n) is 1.94. The molecule has 0 fully saturated rings. The molecule has 0 aliphatic carbocycles. The largest absolute Gasteiger partial charge is 0.373 e. The van der Waals surface area contributed by atoms with Crippen molar-refractivity contribution in [1.29, 1.82) is 0 Å². The summed E-state index contributed by atoms with van der Waals surface area (Å²) < 4.78 is 1.03. The van der Waals surface area contributed by atoms with Crippen LogP contribution in [0.5, 0.6) is 0 Å². The van der Waals surface area contributed by atoms with Crippen LogP contribution in [-0.4, -0.2) is 17.9 Å². The number of pyridine rings is 1. The van der Waals surface area contributed by atoms with Gasteiger partial charge in [-0.1, -0.05) is 13.3 Å². The zero-order chi connectivity index (χ0) is 15.2. The quantitative estimate of drug-likeness (QED) is 0.815. The number of carbonyl (C=O) groups is 1. The summed E-state index contributed by atoms with van der Waals surface area (Å²) in [6.07, 6.45) is 1.87. The van der Waals surface area contributed by atoms with Crippen LogP contribution in [0.4, 0.5) is 5.82 Å². The molecule has 112 valence electrons. The van der Waals surface area contributed by atoms with Gasteiger partial charge in [0.05, 0.1) is 6.54 Å². The van der Waals surface area contributed by atoms with Gasteiger partial charge in [0.15, 0.2) is 0 Å². The lowest BCUT2D eigenvalue weighted by atomic mass is 10.1. The molecule has 2 N–H and O–H groups in total. The van der Waals surface area contributed by atoms with E-state index in [1.54, 1.807) is 17.4 Å². The number of nitrogens with zero attached hydrogens (tertiary/aromatic N) is 1. The van der Waals surface area contributed by atoms with Gasteiger partial charge < -0.3 is 10.6 Å². The molecule has 2 heterocycles. The van der Waals surface area contributed by atoms with Crippen molar-refractivity contribution in [3.63, 3.8) is 0 Å². The molecule has 0 atom stereocenters. The van der Waals surface area contributed by atoms with E-state index >= 15 is 0 Å². The fraction of sp³-hybridized carbons (Fsp3) is 0.333. The number of nitrogens with one attached hydrogen (secondary N) is 2. The lowest BCUT2D eigenvalue weighted by Crippen LogP contribution is -2.23. The Labute approximate surface area is 137 Å². The molecule has 21 heavy (non-hydrogen) atoms. The molecule has 2 aromatic rings. The highest BCUT2D eigenvalue weighted by Crippen LogP contribution is 2.22. The first-order valence-corrected chi connectivity index (χ1v) is 8.50.